The molecule has 0 unspecified atom stereocenters. The smallest absolute Gasteiger partial charge is 0.416 e. The van der Waals surface area contributed by atoms with Crippen LogP contribution < -0.4 is 9.88 Å². The molecule has 32 heavy (non-hydrogen) atoms. The van der Waals surface area contributed by atoms with E-state index < -0.39 is 16.7 Å². The quantitative estimate of drug-likeness (QED) is 0.131. The summed E-state index contributed by atoms with van der Waals surface area (Å²) < 4.78 is 40.7. The number of halogens is 3. The number of hydrogen-bond acceptors (Lipinski definition) is 4. The zero-order valence-corrected chi connectivity index (χ0v) is 17.4. The van der Waals surface area contributed by atoms with Crippen molar-refractivity contribution in [1.82, 2.24) is 0 Å². The standard InChI is InChI=1S/C22H16F3N3O3S/c1-14-4-3-11-27(13-14)19(20(29)15-7-9-18(10-8-15)28(30)31)21(32)26-17-6-2-5-16(12-17)22(23,24)25/h2-13H,1H3,(H-,26,29,32)/p+1. The molecule has 0 saturated carbocycles. The van der Waals surface area contributed by atoms with Crippen molar-refractivity contribution in [3.63, 3.8) is 0 Å². The van der Waals surface area contributed by atoms with Gasteiger partial charge in [0.1, 0.15) is 0 Å². The lowest BCUT2D eigenvalue weighted by molar-refractivity contribution is -0.576. The number of benzene rings is 2. The first-order chi connectivity index (χ1) is 15.1. The third kappa shape index (κ3) is 5.27. The molecule has 0 aliphatic carbocycles. The first kappa shape index (κ1) is 22.9. The third-order valence-corrected chi connectivity index (χ3v) is 4.74. The Morgan fingerprint density at radius 2 is 1.81 bits per heavy atom. The van der Waals surface area contributed by atoms with Gasteiger partial charge in [0.15, 0.2) is 23.1 Å². The average Bonchev–Trinajstić information content (AvgIpc) is 2.73. The summed E-state index contributed by atoms with van der Waals surface area (Å²) >= 11 is 5.42. The fourth-order valence-electron chi connectivity index (χ4n) is 2.92. The molecule has 2 aromatic carbocycles. The number of aryl methyl sites for hydroxylation is 1. The fourth-order valence-corrected chi connectivity index (χ4v) is 3.24. The van der Waals surface area contributed by atoms with E-state index >= 15 is 0 Å². The van der Waals surface area contributed by atoms with E-state index in [1.54, 1.807) is 18.5 Å². The Morgan fingerprint density at radius 3 is 2.41 bits per heavy atom. The summed E-state index contributed by atoms with van der Waals surface area (Å²) in [5, 5.41) is 24.6. The van der Waals surface area contributed by atoms with Gasteiger partial charge >= 0.3 is 6.18 Å². The molecule has 0 fully saturated rings. The largest absolute Gasteiger partial charge is 0.502 e. The van der Waals surface area contributed by atoms with Gasteiger partial charge in [0, 0.05) is 35.0 Å². The lowest BCUT2D eigenvalue weighted by atomic mass is 10.1. The highest BCUT2D eigenvalue weighted by Gasteiger charge is 2.31. The van der Waals surface area contributed by atoms with E-state index in [9.17, 15) is 28.4 Å². The number of hydrogen-bond donors (Lipinski definition) is 2. The van der Waals surface area contributed by atoms with Crippen LogP contribution in [0.1, 0.15) is 16.7 Å². The lowest BCUT2D eigenvalue weighted by Gasteiger charge is -2.12. The molecule has 0 atom stereocenters. The van der Waals surface area contributed by atoms with Gasteiger partial charge in [0.25, 0.3) is 11.4 Å². The molecule has 0 amide bonds. The first-order valence-electron chi connectivity index (χ1n) is 9.21. The molecular formula is C22H17F3N3O3S+. The van der Waals surface area contributed by atoms with E-state index in [2.05, 4.69) is 5.32 Å². The van der Waals surface area contributed by atoms with Crippen LogP contribution in [0.4, 0.5) is 24.5 Å². The van der Waals surface area contributed by atoms with Crippen molar-refractivity contribution < 1.29 is 27.8 Å². The summed E-state index contributed by atoms with van der Waals surface area (Å²) in [6, 6.07) is 13.2. The Kier molecular flexibility index (Phi) is 6.54. The Balaban J connectivity index is 2.06. The molecular weight excluding hydrogens is 443 g/mol. The van der Waals surface area contributed by atoms with Crippen molar-refractivity contribution >= 4 is 40.0 Å². The van der Waals surface area contributed by atoms with Gasteiger partial charge in [0.2, 0.25) is 0 Å². The van der Waals surface area contributed by atoms with Gasteiger partial charge in [0.05, 0.1) is 10.5 Å². The van der Waals surface area contributed by atoms with E-state index in [1.165, 1.54) is 41.0 Å². The predicted molar refractivity (Wildman–Crippen MR) is 118 cm³/mol. The Labute approximate surface area is 186 Å². The number of nitrogens with one attached hydrogen (secondary N) is 1. The minimum absolute atomic E-state index is 0.0456. The fraction of sp³-hybridized carbons (Fsp3) is 0.0909. The molecule has 0 radical (unpaired) electrons. The van der Waals surface area contributed by atoms with Crippen LogP contribution in [0.15, 0.2) is 73.1 Å². The van der Waals surface area contributed by atoms with Gasteiger partial charge < -0.3 is 10.4 Å². The van der Waals surface area contributed by atoms with Crippen LogP contribution in [0.5, 0.6) is 0 Å². The average molecular weight is 460 g/mol. The number of thiocarbonyl (C=S) groups is 1. The van der Waals surface area contributed by atoms with Crippen molar-refractivity contribution in [3.05, 3.63) is 99.9 Å². The predicted octanol–water partition coefficient (Wildman–Crippen LogP) is 5.53. The Morgan fingerprint density at radius 1 is 1.12 bits per heavy atom. The van der Waals surface area contributed by atoms with Crippen molar-refractivity contribution in [2.24, 2.45) is 0 Å². The lowest BCUT2D eigenvalue weighted by Crippen LogP contribution is -2.38. The normalized spacial score (nSPS) is 12.1. The van der Waals surface area contributed by atoms with Gasteiger partial charge in [-0.3, -0.25) is 10.1 Å². The number of nitro benzene ring substituents is 1. The van der Waals surface area contributed by atoms with Crippen molar-refractivity contribution in [1.29, 1.82) is 0 Å². The van der Waals surface area contributed by atoms with E-state index in [0.29, 0.717) is 0 Å². The van der Waals surface area contributed by atoms with E-state index in [-0.39, 0.29) is 33.4 Å². The van der Waals surface area contributed by atoms with Crippen molar-refractivity contribution in [3.8, 4) is 0 Å². The molecule has 0 aliphatic heterocycles. The number of nitrogens with zero attached hydrogens (tertiary/aromatic N) is 2. The molecule has 164 valence electrons. The van der Waals surface area contributed by atoms with Crippen LogP contribution in [0, 0.1) is 17.0 Å². The van der Waals surface area contributed by atoms with Gasteiger partial charge in [-0.2, -0.15) is 17.7 Å². The van der Waals surface area contributed by atoms with Gasteiger partial charge in [-0.05, 0) is 43.3 Å². The number of aliphatic hydroxyl groups is 1. The summed E-state index contributed by atoms with van der Waals surface area (Å²) in [4.78, 5) is 10.3. The minimum Gasteiger partial charge on any atom is -0.502 e. The molecule has 6 nitrogen and oxygen atoms in total. The summed E-state index contributed by atoms with van der Waals surface area (Å²) in [6.45, 7) is 1.82. The van der Waals surface area contributed by atoms with Crippen LogP contribution in [0.25, 0.3) is 11.5 Å². The highest BCUT2D eigenvalue weighted by Crippen LogP contribution is 2.31. The molecule has 0 spiro atoms. The molecule has 1 heterocycles. The summed E-state index contributed by atoms with van der Waals surface area (Å²) in [5.74, 6) is -0.306. The van der Waals surface area contributed by atoms with Crippen LogP contribution in [0.3, 0.4) is 0 Å². The molecule has 3 rings (SSSR count). The molecule has 0 aliphatic rings. The summed E-state index contributed by atoms with van der Waals surface area (Å²) in [6.07, 6.45) is -1.23. The molecule has 0 bridgehead atoms. The van der Waals surface area contributed by atoms with E-state index in [0.717, 1.165) is 17.7 Å². The maximum Gasteiger partial charge on any atom is 0.416 e. The van der Waals surface area contributed by atoms with Crippen LogP contribution in [0.2, 0.25) is 0 Å². The van der Waals surface area contributed by atoms with E-state index in [1.807, 2.05) is 13.0 Å². The number of rotatable bonds is 5. The third-order valence-electron chi connectivity index (χ3n) is 4.45. The molecule has 1 aromatic heterocycles. The molecule has 10 heteroatoms. The maximum atomic E-state index is 13.1. The zero-order valence-electron chi connectivity index (χ0n) is 16.6. The van der Waals surface area contributed by atoms with Crippen LogP contribution in [-0.4, -0.2) is 15.0 Å². The van der Waals surface area contributed by atoms with Gasteiger partial charge in [-0.15, -0.1) is 0 Å². The SMILES string of the molecule is Cc1ccc[n+](/C(C(=S)Nc2cccc(C(F)(F)F)c2)=C(/O)c2ccc([N+](=O)[O-])cc2)c1. The number of alkyl halides is 3. The second-order valence-electron chi connectivity index (χ2n) is 6.82. The number of aliphatic hydroxyl groups excluding tert-OH is 1. The van der Waals surface area contributed by atoms with Crippen LogP contribution in [-0.2, 0) is 6.18 Å². The number of pyridine rings is 1. The summed E-state index contributed by atoms with van der Waals surface area (Å²) in [5.41, 5.74) is 0.257. The highest BCUT2D eigenvalue weighted by molar-refractivity contribution is 7.81. The maximum absolute atomic E-state index is 13.1. The molecule has 2 N–H and O–H groups in total. The zero-order chi connectivity index (χ0) is 23.5. The second kappa shape index (κ2) is 9.15. The molecule has 3 aromatic rings. The number of aromatic nitrogens is 1. The number of nitro groups is 1. The molecule has 0 saturated heterocycles. The van der Waals surface area contributed by atoms with Crippen LogP contribution >= 0.6 is 12.2 Å². The Bertz CT molecular complexity index is 1210. The second-order valence-corrected chi connectivity index (χ2v) is 7.23. The number of non-ortho nitro benzene ring substituents is 1. The Hall–Kier alpha value is -3.79. The monoisotopic (exact) mass is 460 g/mol. The minimum atomic E-state index is -4.52. The first-order valence-corrected chi connectivity index (χ1v) is 9.62. The topological polar surface area (TPSA) is 79.3 Å². The highest BCUT2D eigenvalue weighted by atomic mass is 32.1. The van der Waals surface area contributed by atoms with E-state index in [4.69, 9.17) is 12.2 Å². The van der Waals surface area contributed by atoms with Gasteiger partial charge in [-0.1, -0.05) is 18.3 Å². The van der Waals surface area contributed by atoms with Crippen molar-refractivity contribution in [2.45, 2.75) is 13.1 Å². The summed E-state index contributed by atoms with van der Waals surface area (Å²) in [7, 11) is 0. The van der Waals surface area contributed by atoms with Crippen molar-refractivity contribution in [2.75, 3.05) is 5.32 Å². The van der Waals surface area contributed by atoms with Gasteiger partial charge in [-0.25, -0.2) is 0 Å². The number of anilines is 1.